The summed E-state index contributed by atoms with van der Waals surface area (Å²) in [5.41, 5.74) is 8.78. The highest BCUT2D eigenvalue weighted by Gasteiger charge is 2.29. The van der Waals surface area contributed by atoms with Crippen LogP contribution in [0, 0.1) is 13.8 Å². The standard InChI is InChI=1S/C24H28N2/c1-18-14-25(15-21-10-6-4-7-11-21)17-23-19(2)20(3)26(24(18)23)16-22-12-8-5-9-13-22/h4-13,18H,14-17H2,1-3H3. The van der Waals surface area contributed by atoms with E-state index in [2.05, 4.69) is 90.9 Å². The number of nitrogens with zero attached hydrogens (tertiary/aromatic N) is 2. The molecular formula is C24H28N2. The zero-order chi connectivity index (χ0) is 18.1. The first kappa shape index (κ1) is 17.1. The fraction of sp³-hybridized carbons (Fsp3) is 0.333. The van der Waals surface area contributed by atoms with Crippen molar-refractivity contribution in [3.8, 4) is 0 Å². The molecule has 0 fully saturated rings. The molecule has 0 aliphatic carbocycles. The smallest absolute Gasteiger partial charge is 0.0475 e. The highest BCUT2D eigenvalue weighted by molar-refractivity contribution is 5.41. The quantitative estimate of drug-likeness (QED) is 0.626. The Morgan fingerprint density at radius 1 is 0.846 bits per heavy atom. The van der Waals surface area contributed by atoms with E-state index in [1.54, 1.807) is 11.3 Å². The summed E-state index contributed by atoms with van der Waals surface area (Å²) in [5.74, 6) is 0.554. The van der Waals surface area contributed by atoms with Gasteiger partial charge in [-0.25, -0.2) is 0 Å². The van der Waals surface area contributed by atoms with Crippen LogP contribution in [0.4, 0.5) is 0 Å². The van der Waals surface area contributed by atoms with E-state index in [1.165, 1.54) is 22.4 Å². The first-order chi connectivity index (χ1) is 12.6. The fourth-order valence-electron chi connectivity index (χ4n) is 4.41. The van der Waals surface area contributed by atoms with Crippen molar-refractivity contribution in [3.63, 3.8) is 0 Å². The molecule has 0 spiro atoms. The summed E-state index contributed by atoms with van der Waals surface area (Å²) < 4.78 is 2.56. The second kappa shape index (κ2) is 7.13. The Morgan fingerprint density at radius 2 is 1.42 bits per heavy atom. The Morgan fingerprint density at radius 3 is 2.04 bits per heavy atom. The first-order valence-corrected chi connectivity index (χ1v) is 9.62. The maximum Gasteiger partial charge on any atom is 0.0475 e. The molecule has 134 valence electrons. The van der Waals surface area contributed by atoms with Gasteiger partial charge in [0.2, 0.25) is 0 Å². The van der Waals surface area contributed by atoms with Gasteiger partial charge in [-0.2, -0.15) is 0 Å². The van der Waals surface area contributed by atoms with Crippen molar-refractivity contribution < 1.29 is 0 Å². The average molecular weight is 345 g/mol. The minimum absolute atomic E-state index is 0.554. The van der Waals surface area contributed by atoms with E-state index in [9.17, 15) is 0 Å². The van der Waals surface area contributed by atoms with Crippen molar-refractivity contribution in [2.24, 2.45) is 0 Å². The molecule has 0 saturated heterocycles. The van der Waals surface area contributed by atoms with E-state index in [4.69, 9.17) is 0 Å². The summed E-state index contributed by atoms with van der Waals surface area (Å²) in [6.45, 7) is 11.2. The van der Waals surface area contributed by atoms with Gasteiger partial charge < -0.3 is 4.57 Å². The maximum atomic E-state index is 2.60. The number of hydrogen-bond acceptors (Lipinski definition) is 1. The van der Waals surface area contributed by atoms with Crippen LogP contribution in [0.5, 0.6) is 0 Å². The van der Waals surface area contributed by atoms with E-state index in [0.717, 1.165) is 26.2 Å². The summed E-state index contributed by atoms with van der Waals surface area (Å²) >= 11 is 0. The summed E-state index contributed by atoms with van der Waals surface area (Å²) in [4.78, 5) is 2.60. The zero-order valence-corrected chi connectivity index (χ0v) is 16.1. The Bertz CT molecular complexity index is 878. The molecule has 0 saturated carbocycles. The third-order valence-corrected chi connectivity index (χ3v) is 5.81. The Labute approximate surface area is 157 Å². The number of aromatic nitrogens is 1. The number of fused-ring (bicyclic) bond motifs is 1. The monoisotopic (exact) mass is 344 g/mol. The Hall–Kier alpha value is -2.32. The minimum Gasteiger partial charge on any atom is -0.344 e. The average Bonchev–Trinajstić information content (AvgIpc) is 2.89. The van der Waals surface area contributed by atoms with Crippen molar-refractivity contribution in [1.82, 2.24) is 9.47 Å². The summed E-state index contributed by atoms with van der Waals surface area (Å²) in [6.07, 6.45) is 0. The van der Waals surface area contributed by atoms with E-state index in [0.29, 0.717) is 5.92 Å². The highest BCUT2D eigenvalue weighted by Crippen LogP contribution is 2.35. The number of hydrogen-bond donors (Lipinski definition) is 0. The Balaban J connectivity index is 1.63. The third kappa shape index (κ3) is 3.22. The number of benzene rings is 2. The van der Waals surface area contributed by atoms with Crippen LogP contribution in [0.2, 0.25) is 0 Å². The molecule has 3 aromatic rings. The van der Waals surface area contributed by atoms with Crippen LogP contribution in [-0.2, 0) is 19.6 Å². The van der Waals surface area contributed by atoms with Crippen molar-refractivity contribution in [2.75, 3.05) is 6.54 Å². The van der Waals surface area contributed by atoms with Crippen molar-refractivity contribution in [3.05, 3.63) is 94.3 Å². The van der Waals surface area contributed by atoms with Crippen LogP contribution >= 0.6 is 0 Å². The molecule has 0 radical (unpaired) electrons. The van der Waals surface area contributed by atoms with Crippen LogP contribution in [0.25, 0.3) is 0 Å². The van der Waals surface area contributed by atoms with Gasteiger partial charge in [-0.15, -0.1) is 0 Å². The second-order valence-electron chi connectivity index (χ2n) is 7.70. The van der Waals surface area contributed by atoms with E-state index >= 15 is 0 Å². The molecule has 1 aromatic heterocycles. The first-order valence-electron chi connectivity index (χ1n) is 9.62. The molecule has 4 rings (SSSR count). The predicted octanol–water partition coefficient (Wildman–Crippen LogP) is 5.27. The number of rotatable bonds is 4. The molecular weight excluding hydrogens is 316 g/mol. The lowest BCUT2D eigenvalue weighted by atomic mass is 9.95. The summed E-state index contributed by atoms with van der Waals surface area (Å²) in [7, 11) is 0. The van der Waals surface area contributed by atoms with Crippen LogP contribution in [0.1, 0.15) is 46.5 Å². The molecule has 26 heavy (non-hydrogen) atoms. The molecule has 2 nitrogen and oxygen atoms in total. The zero-order valence-electron chi connectivity index (χ0n) is 16.1. The SMILES string of the molecule is Cc1c2c(n(Cc3ccccc3)c1C)C(C)CN(Cc1ccccc1)C2. The topological polar surface area (TPSA) is 8.17 Å². The summed E-state index contributed by atoms with van der Waals surface area (Å²) in [5, 5.41) is 0. The van der Waals surface area contributed by atoms with Gasteiger partial charge in [0.05, 0.1) is 0 Å². The predicted molar refractivity (Wildman–Crippen MR) is 108 cm³/mol. The lowest BCUT2D eigenvalue weighted by Gasteiger charge is -2.33. The lowest BCUT2D eigenvalue weighted by molar-refractivity contribution is 0.222. The minimum atomic E-state index is 0.554. The molecule has 0 bridgehead atoms. The second-order valence-corrected chi connectivity index (χ2v) is 7.70. The molecule has 2 heterocycles. The largest absolute Gasteiger partial charge is 0.344 e. The summed E-state index contributed by atoms with van der Waals surface area (Å²) in [6, 6.07) is 21.7. The van der Waals surface area contributed by atoms with Gasteiger partial charge in [-0.1, -0.05) is 67.6 Å². The molecule has 0 amide bonds. The molecule has 1 aliphatic rings. The molecule has 1 unspecified atom stereocenters. The van der Waals surface area contributed by atoms with Gasteiger partial charge in [0.25, 0.3) is 0 Å². The molecule has 1 aliphatic heterocycles. The van der Waals surface area contributed by atoms with Gasteiger partial charge in [0.1, 0.15) is 0 Å². The molecule has 0 N–H and O–H groups in total. The third-order valence-electron chi connectivity index (χ3n) is 5.81. The van der Waals surface area contributed by atoms with Crippen molar-refractivity contribution in [2.45, 2.75) is 46.3 Å². The maximum absolute atomic E-state index is 2.60. The molecule has 2 heteroatoms. The van der Waals surface area contributed by atoms with E-state index in [-0.39, 0.29) is 0 Å². The van der Waals surface area contributed by atoms with Gasteiger partial charge in [-0.05, 0) is 36.1 Å². The highest BCUT2D eigenvalue weighted by atomic mass is 15.2. The van der Waals surface area contributed by atoms with Gasteiger partial charge in [-0.3, -0.25) is 4.90 Å². The van der Waals surface area contributed by atoms with Crippen molar-refractivity contribution >= 4 is 0 Å². The normalized spacial score (nSPS) is 17.3. The van der Waals surface area contributed by atoms with Crippen LogP contribution in [0.3, 0.4) is 0 Å². The Kier molecular flexibility index (Phi) is 4.69. The van der Waals surface area contributed by atoms with Gasteiger partial charge in [0, 0.05) is 43.5 Å². The fourth-order valence-corrected chi connectivity index (χ4v) is 4.41. The van der Waals surface area contributed by atoms with E-state index in [1.807, 2.05) is 0 Å². The molecule has 2 aromatic carbocycles. The lowest BCUT2D eigenvalue weighted by Crippen LogP contribution is -2.33. The van der Waals surface area contributed by atoms with Gasteiger partial charge in [0.15, 0.2) is 0 Å². The van der Waals surface area contributed by atoms with Crippen LogP contribution < -0.4 is 0 Å². The van der Waals surface area contributed by atoms with E-state index < -0.39 is 0 Å². The van der Waals surface area contributed by atoms with Crippen LogP contribution in [0.15, 0.2) is 60.7 Å². The van der Waals surface area contributed by atoms with Crippen LogP contribution in [-0.4, -0.2) is 16.0 Å². The molecule has 1 atom stereocenters. The van der Waals surface area contributed by atoms with Gasteiger partial charge >= 0.3 is 0 Å². The van der Waals surface area contributed by atoms with Crippen molar-refractivity contribution in [1.29, 1.82) is 0 Å².